The SMILES string of the molecule is Cc1cc(=O)c(C(=O)N(C)[C@H](C)c2ccc(Cl)cc2Cl)c[nH]1. The van der Waals surface area contributed by atoms with E-state index >= 15 is 0 Å². The Morgan fingerprint density at radius 3 is 2.55 bits per heavy atom. The van der Waals surface area contributed by atoms with Crippen molar-refractivity contribution < 1.29 is 4.79 Å². The van der Waals surface area contributed by atoms with Crippen molar-refractivity contribution in [3.63, 3.8) is 0 Å². The van der Waals surface area contributed by atoms with E-state index < -0.39 is 0 Å². The zero-order chi connectivity index (χ0) is 16.4. The van der Waals surface area contributed by atoms with Gasteiger partial charge in [0.05, 0.1) is 6.04 Å². The molecule has 0 saturated heterocycles. The monoisotopic (exact) mass is 338 g/mol. The number of rotatable bonds is 3. The molecule has 1 atom stereocenters. The summed E-state index contributed by atoms with van der Waals surface area (Å²) in [5.41, 5.74) is 1.27. The third-order valence-corrected chi connectivity index (χ3v) is 4.16. The van der Waals surface area contributed by atoms with Crippen LogP contribution < -0.4 is 5.43 Å². The fourth-order valence-corrected chi connectivity index (χ4v) is 2.72. The number of aromatic nitrogens is 1. The summed E-state index contributed by atoms with van der Waals surface area (Å²) in [7, 11) is 1.64. The average molecular weight is 339 g/mol. The van der Waals surface area contributed by atoms with E-state index in [0.717, 1.165) is 5.56 Å². The standard InChI is InChI=1S/C16H16Cl2N2O2/c1-9-6-15(21)13(8-19-9)16(22)20(3)10(2)12-5-4-11(17)7-14(12)18/h4-8,10H,1-3H3,(H,19,21)/t10-/m1/s1. The molecular weight excluding hydrogens is 323 g/mol. The second kappa shape index (κ2) is 6.55. The Morgan fingerprint density at radius 2 is 1.95 bits per heavy atom. The zero-order valence-electron chi connectivity index (χ0n) is 12.5. The summed E-state index contributed by atoms with van der Waals surface area (Å²) in [6.45, 7) is 3.60. The van der Waals surface area contributed by atoms with Gasteiger partial charge in [-0.1, -0.05) is 29.3 Å². The fourth-order valence-electron chi connectivity index (χ4n) is 2.16. The van der Waals surface area contributed by atoms with E-state index in [4.69, 9.17) is 23.2 Å². The topological polar surface area (TPSA) is 53.2 Å². The number of nitrogens with one attached hydrogen (secondary N) is 1. The summed E-state index contributed by atoms with van der Waals surface area (Å²) in [5, 5.41) is 1.02. The molecule has 0 bridgehead atoms. The molecule has 1 aromatic heterocycles. The Labute approximate surface area is 138 Å². The van der Waals surface area contributed by atoms with E-state index in [1.54, 1.807) is 32.2 Å². The molecule has 2 rings (SSSR count). The molecule has 0 aliphatic rings. The quantitative estimate of drug-likeness (QED) is 0.924. The van der Waals surface area contributed by atoms with E-state index in [-0.39, 0.29) is 22.9 Å². The maximum absolute atomic E-state index is 12.5. The summed E-state index contributed by atoms with van der Waals surface area (Å²) in [5.74, 6) is -0.361. The lowest BCUT2D eigenvalue weighted by atomic mass is 10.1. The Kier molecular flexibility index (Phi) is 4.94. The first kappa shape index (κ1) is 16.6. The van der Waals surface area contributed by atoms with E-state index in [1.807, 2.05) is 6.92 Å². The summed E-state index contributed by atoms with van der Waals surface area (Å²) >= 11 is 12.1. The van der Waals surface area contributed by atoms with Crippen LogP contribution in [-0.2, 0) is 0 Å². The number of aryl methyl sites for hydroxylation is 1. The molecular formula is C16H16Cl2N2O2. The second-order valence-electron chi connectivity index (χ2n) is 5.15. The lowest BCUT2D eigenvalue weighted by molar-refractivity contribution is 0.0741. The van der Waals surface area contributed by atoms with Crippen molar-refractivity contribution in [1.82, 2.24) is 9.88 Å². The van der Waals surface area contributed by atoms with Crippen LogP contribution >= 0.6 is 23.2 Å². The number of halogens is 2. The van der Waals surface area contributed by atoms with Gasteiger partial charge in [-0.3, -0.25) is 9.59 Å². The number of hydrogen-bond acceptors (Lipinski definition) is 2. The predicted molar refractivity (Wildman–Crippen MR) is 88.8 cm³/mol. The van der Waals surface area contributed by atoms with E-state index in [9.17, 15) is 9.59 Å². The van der Waals surface area contributed by atoms with Gasteiger partial charge in [0.1, 0.15) is 5.56 Å². The Bertz CT molecular complexity index is 771. The smallest absolute Gasteiger partial charge is 0.259 e. The van der Waals surface area contributed by atoms with Crippen LogP contribution in [0.1, 0.15) is 34.6 Å². The number of carbonyl (C=O) groups excluding carboxylic acids is 1. The van der Waals surface area contributed by atoms with E-state index in [2.05, 4.69) is 4.98 Å². The minimum atomic E-state index is -0.361. The van der Waals surface area contributed by atoms with Crippen LogP contribution in [0.15, 0.2) is 35.3 Å². The van der Waals surface area contributed by atoms with Crippen LogP contribution in [0.2, 0.25) is 10.0 Å². The van der Waals surface area contributed by atoms with E-state index in [1.165, 1.54) is 17.2 Å². The van der Waals surface area contributed by atoms with Gasteiger partial charge < -0.3 is 9.88 Å². The molecule has 1 amide bonds. The lowest BCUT2D eigenvalue weighted by Gasteiger charge is -2.26. The molecule has 0 aliphatic heterocycles. The second-order valence-corrected chi connectivity index (χ2v) is 6.00. The molecule has 6 heteroatoms. The van der Waals surface area contributed by atoms with Crippen LogP contribution in [0, 0.1) is 6.92 Å². The summed E-state index contributed by atoms with van der Waals surface area (Å²) in [6, 6.07) is 6.24. The Hall–Kier alpha value is -1.78. The molecule has 0 fully saturated rings. The lowest BCUT2D eigenvalue weighted by Crippen LogP contribution is -2.33. The van der Waals surface area contributed by atoms with Crippen LogP contribution in [0.25, 0.3) is 0 Å². The largest absolute Gasteiger partial charge is 0.364 e. The molecule has 0 spiro atoms. The number of aromatic amines is 1. The third kappa shape index (κ3) is 3.34. The first-order valence-corrected chi connectivity index (χ1v) is 7.48. The van der Waals surface area contributed by atoms with Crippen LogP contribution in [0.5, 0.6) is 0 Å². The molecule has 1 heterocycles. The van der Waals surface area contributed by atoms with Gasteiger partial charge in [-0.2, -0.15) is 0 Å². The highest BCUT2D eigenvalue weighted by molar-refractivity contribution is 6.35. The maximum atomic E-state index is 12.5. The Balaban J connectivity index is 2.32. The molecule has 0 radical (unpaired) electrons. The number of nitrogens with zero attached hydrogens (tertiary/aromatic N) is 1. The number of pyridine rings is 1. The van der Waals surface area contributed by atoms with Gasteiger partial charge in [0, 0.05) is 35.1 Å². The van der Waals surface area contributed by atoms with Gasteiger partial charge in [-0.25, -0.2) is 0 Å². The molecule has 0 aliphatic carbocycles. The number of H-pyrrole nitrogens is 1. The predicted octanol–water partition coefficient (Wildman–Crippen LogP) is 3.82. The molecule has 1 N–H and O–H groups in total. The first-order valence-electron chi connectivity index (χ1n) is 6.72. The summed E-state index contributed by atoms with van der Waals surface area (Å²) in [6.07, 6.45) is 1.44. The van der Waals surface area contributed by atoms with Crippen molar-refractivity contribution in [3.05, 3.63) is 67.6 Å². The van der Waals surface area contributed by atoms with Crippen LogP contribution in [0.3, 0.4) is 0 Å². The summed E-state index contributed by atoms with van der Waals surface area (Å²) in [4.78, 5) is 28.8. The average Bonchev–Trinajstić information content (AvgIpc) is 2.45. The normalized spacial score (nSPS) is 12.0. The van der Waals surface area contributed by atoms with E-state index in [0.29, 0.717) is 15.7 Å². The van der Waals surface area contributed by atoms with Crippen molar-refractivity contribution in [3.8, 4) is 0 Å². The van der Waals surface area contributed by atoms with Gasteiger partial charge in [0.15, 0.2) is 5.43 Å². The molecule has 1 aromatic carbocycles. The third-order valence-electron chi connectivity index (χ3n) is 3.60. The van der Waals surface area contributed by atoms with Gasteiger partial charge in [-0.05, 0) is 31.5 Å². The molecule has 4 nitrogen and oxygen atoms in total. The number of amides is 1. The molecule has 0 saturated carbocycles. The molecule has 116 valence electrons. The molecule has 22 heavy (non-hydrogen) atoms. The Morgan fingerprint density at radius 1 is 1.27 bits per heavy atom. The number of carbonyl (C=O) groups is 1. The highest BCUT2D eigenvalue weighted by Gasteiger charge is 2.22. The highest BCUT2D eigenvalue weighted by atomic mass is 35.5. The van der Waals surface area contributed by atoms with Gasteiger partial charge in [0.2, 0.25) is 0 Å². The van der Waals surface area contributed by atoms with Crippen molar-refractivity contribution >= 4 is 29.1 Å². The van der Waals surface area contributed by atoms with Crippen LogP contribution in [0.4, 0.5) is 0 Å². The number of hydrogen-bond donors (Lipinski definition) is 1. The molecule has 0 unspecified atom stereocenters. The van der Waals surface area contributed by atoms with Crippen LogP contribution in [-0.4, -0.2) is 22.8 Å². The minimum Gasteiger partial charge on any atom is -0.364 e. The minimum absolute atomic E-state index is 0.102. The van der Waals surface area contributed by atoms with Crippen molar-refractivity contribution in [2.45, 2.75) is 19.9 Å². The van der Waals surface area contributed by atoms with Crippen molar-refractivity contribution in [2.24, 2.45) is 0 Å². The van der Waals surface area contributed by atoms with Gasteiger partial charge >= 0.3 is 0 Å². The van der Waals surface area contributed by atoms with Gasteiger partial charge in [-0.15, -0.1) is 0 Å². The molecule has 2 aromatic rings. The zero-order valence-corrected chi connectivity index (χ0v) is 14.0. The maximum Gasteiger partial charge on any atom is 0.259 e. The van der Waals surface area contributed by atoms with Crippen molar-refractivity contribution in [2.75, 3.05) is 7.05 Å². The van der Waals surface area contributed by atoms with Gasteiger partial charge in [0.25, 0.3) is 5.91 Å². The fraction of sp³-hybridized carbons (Fsp3) is 0.250. The first-order chi connectivity index (χ1) is 10.3. The highest BCUT2D eigenvalue weighted by Crippen LogP contribution is 2.29. The van der Waals surface area contributed by atoms with Crippen molar-refractivity contribution in [1.29, 1.82) is 0 Å². The number of benzene rings is 1. The summed E-state index contributed by atoms with van der Waals surface area (Å²) < 4.78 is 0.